The normalized spacial score (nSPS) is 19.5. The zero-order valence-electron chi connectivity index (χ0n) is 15.7. The van der Waals surface area contributed by atoms with E-state index < -0.39 is 0 Å². The van der Waals surface area contributed by atoms with Crippen LogP contribution >= 0.6 is 11.3 Å². The van der Waals surface area contributed by atoms with Gasteiger partial charge in [-0.05, 0) is 61.8 Å². The van der Waals surface area contributed by atoms with Crippen molar-refractivity contribution >= 4 is 22.4 Å². The lowest BCUT2D eigenvalue weighted by atomic mass is 9.79. The van der Waals surface area contributed by atoms with E-state index in [4.69, 9.17) is 4.98 Å². The van der Waals surface area contributed by atoms with Crippen LogP contribution in [0.2, 0.25) is 0 Å². The first-order chi connectivity index (χ1) is 13.1. The molecule has 0 spiro atoms. The minimum atomic E-state index is -0.217. The van der Waals surface area contributed by atoms with E-state index in [-0.39, 0.29) is 11.7 Å². The molecule has 2 fully saturated rings. The number of amides is 1. The van der Waals surface area contributed by atoms with Gasteiger partial charge in [-0.3, -0.25) is 4.79 Å². The maximum Gasteiger partial charge on any atom is 0.219 e. The van der Waals surface area contributed by atoms with Gasteiger partial charge in [-0.2, -0.15) is 0 Å². The molecule has 27 heavy (non-hydrogen) atoms. The standard InChI is InChI=1S/C21H26FN3OS/c1-15(26)24-10-6-16(7-11-24)17-8-12-25(13-9-17)21-23-20(14-27-21)18-2-4-19(22)5-3-18/h2-5,14,16-17H,6-13H2,1H3. The molecule has 2 aromatic rings. The Bertz CT molecular complexity index is 775. The highest BCUT2D eigenvalue weighted by Gasteiger charge is 2.30. The van der Waals surface area contributed by atoms with Crippen LogP contribution in [0.15, 0.2) is 29.6 Å². The van der Waals surface area contributed by atoms with Crippen molar-refractivity contribution in [2.24, 2.45) is 11.8 Å². The van der Waals surface area contributed by atoms with Crippen LogP contribution in [0, 0.1) is 17.7 Å². The zero-order valence-corrected chi connectivity index (χ0v) is 16.6. The van der Waals surface area contributed by atoms with Crippen LogP contribution in [-0.4, -0.2) is 42.0 Å². The molecule has 2 aliphatic rings. The molecule has 4 nitrogen and oxygen atoms in total. The number of halogens is 1. The second-order valence-corrected chi connectivity index (χ2v) is 8.53. The van der Waals surface area contributed by atoms with Crippen molar-refractivity contribution in [2.45, 2.75) is 32.6 Å². The van der Waals surface area contributed by atoms with E-state index in [0.29, 0.717) is 0 Å². The fourth-order valence-electron chi connectivity index (χ4n) is 4.41. The van der Waals surface area contributed by atoms with Crippen LogP contribution < -0.4 is 4.90 Å². The Morgan fingerprint density at radius 1 is 1.04 bits per heavy atom. The Hall–Kier alpha value is -1.95. The summed E-state index contributed by atoms with van der Waals surface area (Å²) in [5.41, 5.74) is 1.89. The summed E-state index contributed by atoms with van der Waals surface area (Å²) < 4.78 is 13.1. The van der Waals surface area contributed by atoms with E-state index in [1.165, 1.54) is 25.0 Å². The van der Waals surface area contributed by atoms with Gasteiger partial charge < -0.3 is 9.80 Å². The third-order valence-electron chi connectivity index (χ3n) is 6.09. The second kappa shape index (κ2) is 7.97. The number of hydrogen-bond acceptors (Lipinski definition) is 4. The molecule has 1 aromatic heterocycles. The Morgan fingerprint density at radius 2 is 1.63 bits per heavy atom. The number of likely N-dealkylation sites (tertiary alicyclic amines) is 1. The molecule has 4 rings (SSSR count). The number of carbonyl (C=O) groups is 1. The first-order valence-corrected chi connectivity index (χ1v) is 10.7. The highest BCUT2D eigenvalue weighted by molar-refractivity contribution is 7.14. The Kier molecular flexibility index (Phi) is 5.43. The van der Waals surface area contributed by atoms with E-state index in [9.17, 15) is 9.18 Å². The average molecular weight is 388 g/mol. The summed E-state index contributed by atoms with van der Waals surface area (Å²) in [6.07, 6.45) is 4.71. The van der Waals surface area contributed by atoms with Gasteiger partial charge in [0.05, 0.1) is 5.69 Å². The van der Waals surface area contributed by atoms with E-state index in [2.05, 4.69) is 10.3 Å². The predicted molar refractivity (Wildman–Crippen MR) is 107 cm³/mol. The number of nitrogens with zero attached hydrogens (tertiary/aromatic N) is 3. The van der Waals surface area contributed by atoms with E-state index in [1.807, 2.05) is 4.90 Å². The van der Waals surface area contributed by atoms with Gasteiger partial charge in [0, 0.05) is 44.0 Å². The van der Waals surface area contributed by atoms with E-state index >= 15 is 0 Å². The quantitative estimate of drug-likeness (QED) is 0.782. The number of thiazole rings is 1. The molecule has 0 atom stereocenters. The van der Waals surface area contributed by atoms with Crippen LogP contribution in [0.5, 0.6) is 0 Å². The minimum Gasteiger partial charge on any atom is -0.348 e. The molecule has 6 heteroatoms. The Morgan fingerprint density at radius 3 is 2.22 bits per heavy atom. The molecule has 0 N–H and O–H groups in total. The molecule has 1 amide bonds. The number of aromatic nitrogens is 1. The van der Waals surface area contributed by atoms with Gasteiger partial charge in [-0.1, -0.05) is 0 Å². The molecular weight excluding hydrogens is 361 g/mol. The molecule has 0 unspecified atom stereocenters. The Labute approximate surface area is 164 Å². The van der Waals surface area contributed by atoms with Gasteiger partial charge >= 0.3 is 0 Å². The van der Waals surface area contributed by atoms with Crippen LogP contribution in [0.1, 0.15) is 32.6 Å². The summed E-state index contributed by atoms with van der Waals surface area (Å²) >= 11 is 1.67. The summed E-state index contributed by atoms with van der Waals surface area (Å²) in [4.78, 5) is 20.6. The summed E-state index contributed by atoms with van der Waals surface area (Å²) in [6, 6.07) is 6.54. The van der Waals surface area contributed by atoms with E-state index in [1.54, 1.807) is 30.4 Å². The summed E-state index contributed by atoms with van der Waals surface area (Å²) in [5.74, 6) is 1.52. The summed E-state index contributed by atoms with van der Waals surface area (Å²) in [6.45, 7) is 5.62. The van der Waals surface area contributed by atoms with Crippen molar-refractivity contribution in [1.29, 1.82) is 0 Å². The van der Waals surface area contributed by atoms with Gasteiger partial charge in [-0.15, -0.1) is 11.3 Å². The fourth-order valence-corrected chi connectivity index (χ4v) is 5.30. The molecule has 0 radical (unpaired) electrons. The fraction of sp³-hybridized carbons (Fsp3) is 0.524. The number of anilines is 1. The molecule has 2 saturated heterocycles. The predicted octanol–water partition coefficient (Wildman–Crippen LogP) is 4.42. The number of benzene rings is 1. The van der Waals surface area contributed by atoms with Crippen molar-refractivity contribution in [1.82, 2.24) is 9.88 Å². The first kappa shape index (κ1) is 18.4. The number of rotatable bonds is 3. The monoisotopic (exact) mass is 387 g/mol. The summed E-state index contributed by atoms with van der Waals surface area (Å²) in [5, 5.41) is 3.13. The molecule has 0 saturated carbocycles. The molecule has 3 heterocycles. The van der Waals surface area contributed by atoms with Crippen LogP contribution in [0.4, 0.5) is 9.52 Å². The van der Waals surface area contributed by atoms with Gasteiger partial charge in [0.1, 0.15) is 5.82 Å². The lowest BCUT2D eigenvalue weighted by Crippen LogP contribution is -2.42. The highest BCUT2D eigenvalue weighted by Crippen LogP contribution is 2.35. The molecule has 1 aromatic carbocycles. The lowest BCUT2D eigenvalue weighted by molar-refractivity contribution is -0.130. The van der Waals surface area contributed by atoms with Gasteiger partial charge in [0.2, 0.25) is 5.91 Å². The van der Waals surface area contributed by atoms with Crippen LogP contribution in [0.25, 0.3) is 11.3 Å². The van der Waals surface area contributed by atoms with Crippen molar-refractivity contribution < 1.29 is 9.18 Å². The third-order valence-corrected chi connectivity index (χ3v) is 7.00. The summed E-state index contributed by atoms with van der Waals surface area (Å²) in [7, 11) is 0. The maximum absolute atomic E-state index is 13.1. The van der Waals surface area contributed by atoms with E-state index in [0.717, 1.165) is 67.2 Å². The largest absolute Gasteiger partial charge is 0.348 e. The topological polar surface area (TPSA) is 36.4 Å². The molecule has 0 aliphatic carbocycles. The van der Waals surface area contributed by atoms with Crippen LogP contribution in [-0.2, 0) is 4.79 Å². The van der Waals surface area contributed by atoms with Gasteiger partial charge in [-0.25, -0.2) is 9.37 Å². The van der Waals surface area contributed by atoms with Crippen LogP contribution in [0.3, 0.4) is 0 Å². The maximum atomic E-state index is 13.1. The molecule has 0 bridgehead atoms. The number of piperidine rings is 2. The van der Waals surface area contributed by atoms with Crippen molar-refractivity contribution in [3.05, 3.63) is 35.5 Å². The van der Waals surface area contributed by atoms with Gasteiger partial charge in [0.25, 0.3) is 0 Å². The number of carbonyl (C=O) groups excluding carboxylic acids is 1. The highest BCUT2D eigenvalue weighted by atomic mass is 32.1. The SMILES string of the molecule is CC(=O)N1CCC(C2CCN(c3nc(-c4ccc(F)cc4)cs3)CC2)CC1. The Balaban J connectivity index is 1.32. The van der Waals surface area contributed by atoms with Crippen molar-refractivity contribution in [3.63, 3.8) is 0 Å². The second-order valence-electron chi connectivity index (χ2n) is 7.69. The molecular formula is C21H26FN3OS. The average Bonchev–Trinajstić information content (AvgIpc) is 3.19. The third kappa shape index (κ3) is 4.15. The smallest absolute Gasteiger partial charge is 0.219 e. The van der Waals surface area contributed by atoms with Crippen molar-refractivity contribution in [3.8, 4) is 11.3 Å². The lowest BCUT2D eigenvalue weighted by Gasteiger charge is -2.40. The van der Waals surface area contributed by atoms with Crippen molar-refractivity contribution in [2.75, 3.05) is 31.1 Å². The first-order valence-electron chi connectivity index (χ1n) is 9.82. The minimum absolute atomic E-state index is 0.212. The number of hydrogen-bond donors (Lipinski definition) is 0. The molecule has 144 valence electrons. The zero-order chi connectivity index (χ0) is 18.8. The van der Waals surface area contributed by atoms with Gasteiger partial charge in [0.15, 0.2) is 5.13 Å². The molecule has 2 aliphatic heterocycles.